The van der Waals surface area contributed by atoms with Gasteiger partial charge in [-0.2, -0.15) is 5.10 Å². The maximum absolute atomic E-state index is 5.37. The van der Waals surface area contributed by atoms with Crippen LogP contribution in [0.4, 0.5) is 0 Å². The number of hydrogen-bond acceptors (Lipinski definition) is 4. The molecule has 0 aromatic carbocycles. The van der Waals surface area contributed by atoms with Crippen LogP contribution in [0.3, 0.4) is 0 Å². The van der Waals surface area contributed by atoms with Crippen LogP contribution in [0.25, 0.3) is 11.3 Å². The van der Waals surface area contributed by atoms with Gasteiger partial charge in [0.05, 0.1) is 18.5 Å². The van der Waals surface area contributed by atoms with Gasteiger partial charge < -0.3 is 10.1 Å². The van der Waals surface area contributed by atoms with E-state index >= 15 is 0 Å². The van der Waals surface area contributed by atoms with E-state index in [1.54, 1.807) is 6.20 Å². The summed E-state index contributed by atoms with van der Waals surface area (Å²) in [6.45, 7) is 3.60. The van der Waals surface area contributed by atoms with E-state index in [1.165, 1.54) is 5.56 Å². The molecule has 3 heterocycles. The lowest BCUT2D eigenvalue weighted by Crippen LogP contribution is -2.22. The fraction of sp³-hybridized carbons (Fsp3) is 0.429. The first-order chi connectivity index (χ1) is 9.43. The van der Waals surface area contributed by atoms with Crippen molar-refractivity contribution in [2.75, 3.05) is 19.8 Å². The van der Waals surface area contributed by atoms with Crippen LogP contribution in [0.5, 0.6) is 0 Å². The molecule has 0 aliphatic carbocycles. The minimum atomic E-state index is 0.647. The Bertz CT molecular complexity index is 505. The summed E-state index contributed by atoms with van der Waals surface area (Å²) in [5, 5.41) is 10.7. The van der Waals surface area contributed by atoms with Crippen molar-refractivity contribution >= 4 is 0 Å². The molecule has 1 aliphatic heterocycles. The predicted octanol–water partition coefficient (Wildman–Crippen LogP) is 1.60. The van der Waals surface area contributed by atoms with Crippen LogP contribution >= 0.6 is 0 Å². The number of hydrogen-bond donors (Lipinski definition) is 2. The molecule has 0 saturated carbocycles. The van der Waals surface area contributed by atoms with Crippen molar-refractivity contribution in [3.05, 3.63) is 36.3 Å². The highest BCUT2D eigenvalue weighted by Gasteiger charge is 2.15. The number of pyridine rings is 1. The molecule has 0 spiro atoms. The van der Waals surface area contributed by atoms with Crippen LogP contribution in [0.15, 0.2) is 30.7 Å². The number of aromatic nitrogens is 3. The van der Waals surface area contributed by atoms with Crippen molar-refractivity contribution in [1.29, 1.82) is 0 Å². The van der Waals surface area contributed by atoms with E-state index in [0.717, 1.165) is 44.0 Å². The Kier molecular flexibility index (Phi) is 3.86. The van der Waals surface area contributed by atoms with Gasteiger partial charge in [-0.15, -0.1) is 0 Å². The number of H-pyrrole nitrogens is 1. The third kappa shape index (κ3) is 3.00. The Morgan fingerprint density at radius 2 is 2.42 bits per heavy atom. The van der Waals surface area contributed by atoms with Gasteiger partial charge in [0.15, 0.2) is 0 Å². The van der Waals surface area contributed by atoms with Crippen molar-refractivity contribution in [3.8, 4) is 11.3 Å². The molecule has 3 rings (SSSR count). The molecule has 1 fully saturated rings. The first kappa shape index (κ1) is 12.3. The number of ether oxygens (including phenoxy) is 1. The lowest BCUT2D eigenvalue weighted by Gasteiger charge is -2.09. The van der Waals surface area contributed by atoms with Gasteiger partial charge in [-0.3, -0.25) is 10.1 Å². The molecular weight excluding hydrogens is 240 g/mol. The minimum absolute atomic E-state index is 0.647. The van der Waals surface area contributed by atoms with Crippen molar-refractivity contribution in [2.45, 2.75) is 13.0 Å². The van der Waals surface area contributed by atoms with E-state index in [4.69, 9.17) is 4.74 Å². The average molecular weight is 258 g/mol. The first-order valence-electron chi connectivity index (χ1n) is 6.64. The van der Waals surface area contributed by atoms with Crippen LogP contribution in [-0.4, -0.2) is 34.9 Å². The zero-order chi connectivity index (χ0) is 12.9. The minimum Gasteiger partial charge on any atom is -0.381 e. The largest absolute Gasteiger partial charge is 0.381 e. The highest BCUT2D eigenvalue weighted by atomic mass is 16.5. The van der Waals surface area contributed by atoms with Crippen LogP contribution in [-0.2, 0) is 11.3 Å². The molecule has 1 unspecified atom stereocenters. The van der Waals surface area contributed by atoms with Crippen LogP contribution in [0.1, 0.15) is 12.0 Å². The normalized spacial score (nSPS) is 18.8. The fourth-order valence-corrected chi connectivity index (χ4v) is 2.36. The summed E-state index contributed by atoms with van der Waals surface area (Å²) in [6, 6.07) is 3.97. The lowest BCUT2D eigenvalue weighted by molar-refractivity contribution is 0.185. The highest BCUT2D eigenvalue weighted by Crippen LogP contribution is 2.19. The summed E-state index contributed by atoms with van der Waals surface area (Å²) >= 11 is 0. The smallest absolute Gasteiger partial charge is 0.0710 e. The summed E-state index contributed by atoms with van der Waals surface area (Å²) in [6.07, 6.45) is 6.66. The van der Waals surface area contributed by atoms with Crippen LogP contribution < -0.4 is 5.32 Å². The van der Waals surface area contributed by atoms with Gasteiger partial charge >= 0.3 is 0 Å². The number of rotatable bonds is 5. The second-order valence-corrected chi connectivity index (χ2v) is 4.87. The second-order valence-electron chi connectivity index (χ2n) is 4.87. The van der Waals surface area contributed by atoms with Gasteiger partial charge in [-0.1, -0.05) is 0 Å². The Balaban J connectivity index is 1.61. The monoisotopic (exact) mass is 258 g/mol. The maximum Gasteiger partial charge on any atom is 0.0710 e. The third-order valence-corrected chi connectivity index (χ3v) is 3.44. The SMILES string of the molecule is c1cncc(-c2[nH]ncc2CNCC2CCOC2)c1. The summed E-state index contributed by atoms with van der Waals surface area (Å²) in [4.78, 5) is 4.14. The van der Waals surface area contributed by atoms with Gasteiger partial charge in [-0.05, 0) is 24.5 Å². The Labute approximate surface area is 112 Å². The van der Waals surface area contributed by atoms with Crippen molar-refractivity contribution in [1.82, 2.24) is 20.5 Å². The Morgan fingerprint density at radius 3 is 3.21 bits per heavy atom. The van der Waals surface area contributed by atoms with E-state index in [0.29, 0.717) is 5.92 Å². The van der Waals surface area contributed by atoms with Crippen LogP contribution in [0.2, 0.25) is 0 Å². The zero-order valence-electron chi connectivity index (χ0n) is 10.8. The maximum atomic E-state index is 5.37. The molecule has 5 heteroatoms. The van der Waals surface area contributed by atoms with E-state index in [1.807, 2.05) is 24.5 Å². The zero-order valence-corrected chi connectivity index (χ0v) is 10.8. The van der Waals surface area contributed by atoms with Gasteiger partial charge in [0, 0.05) is 43.2 Å². The molecule has 2 N–H and O–H groups in total. The molecule has 0 amide bonds. The molecule has 1 aliphatic rings. The van der Waals surface area contributed by atoms with Crippen molar-refractivity contribution < 1.29 is 4.74 Å². The topological polar surface area (TPSA) is 62.8 Å². The van der Waals surface area contributed by atoms with Gasteiger partial charge in [0.1, 0.15) is 0 Å². The Morgan fingerprint density at radius 1 is 1.42 bits per heavy atom. The van der Waals surface area contributed by atoms with E-state index < -0.39 is 0 Å². The number of aromatic amines is 1. The molecule has 1 saturated heterocycles. The molecule has 5 nitrogen and oxygen atoms in total. The summed E-state index contributed by atoms with van der Waals surface area (Å²) in [5.41, 5.74) is 3.29. The highest BCUT2D eigenvalue weighted by molar-refractivity contribution is 5.61. The molecule has 2 aromatic rings. The van der Waals surface area contributed by atoms with E-state index in [2.05, 4.69) is 20.5 Å². The quantitative estimate of drug-likeness (QED) is 0.855. The molecular formula is C14H18N4O. The molecule has 100 valence electrons. The average Bonchev–Trinajstić information content (AvgIpc) is 3.11. The molecule has 0 bridgehead atoms. The predicted molar refractivity (Wildman–Crippen MR) is 72.5 cm³/mol. The van der Waals surface area contributed by atoms with Crippen LogP contribution in [0, 0.1) is 5.92 Å². The second kappa shape index (κ2) is 5.95. The third-order valence-electron chi connectivity index (χ3n) is 3.44. The standard InChI is InChI=1S/C14H18N4O/c1-2-12(7-15-4-1)14-13(9-17-18-14)8-16-6-11-3-5-19-10-11/h1-2,4,7,9,11,16H,3,5-6,8,10H2,(H,17,18). The fourth-order valence-electron chi connectivity index (χ4n) is 2.36. The molecule has 2 aromatic heterocycles. The molecule has 0 radical (unpaired) electrons. The first-order valence-corrected chi connectivity index (χ1v) is 6.64. The van der Waals surface area contributed by atoms with Gasteiger partial charge in [0.2, 0.25) is 0 Å². The lowest BCUT2D eigenvalue weighted by atomic mass is 10.1. The summed E-state index contributed by atoms with van der Waals surface area (Å²) < 4.78 is 5.37. The number of nitrogens with one attached hydrogen (secondary N) is 2. The van der Waals surface area contributed by atoms with E-state index in [-0.39, 0.29) is 0 Å². The molecule has 1 atom stereocenters. The van der Waals surface area contributed by atoms with Crippen molar-refractivity contribution in [3.63, 3.8) is 0 Å². The van der Waals surface area contributed by atoms with Crippen molar-refractivity contribution in [2.24, 2.45) is 5.92 Å². The Hall–Kier alpha value is -1.72. The van der Waals surface area contributed by atoms with Gasteiger partial charge in [-0.25, -0.2) is 0 Å². The number of nitrogens with zero attached hydrogens (tertiary/aromatic N) is 2. The van der Waals surface area contributed by atoms with E-state index in [9.17, 15) is 0 Å². The summed E-state index contributed by atoms with van der Waals surface area (Å²) in [7, 11) is 0. The van der Waals surface area contributed by atoms with Gasteiger partial charge in [0.25, 0.3) is 0 Å². The molecule has 19 heavy (non-hydrogen) atoms. The summed E-state index contributed by atoms with van der Waals surface area (Å²) in [5.74, 6) is 0.647.